The van der Waals surface area contributed by atoms with Gasteiger partial charge in [0.2, 0.25) is 0 Å². The van der Waals surface area contributed by atoms with Crippen LogP contribution in [0.4, 0.5) is 4.79 Å². The molecule has 2 aliphatic heterocycles. The third-order valence-electron chi connectivity index (χ3n) is 4.29. The number of piperidine rings is 1. The smallest absolute Gasteiger partial charge is 0.410 e. The van der Waals surface area contributed by atoms with E-state index in [1.54, 1.807) is 20.8 Å². The molecule has 7 heteroatoms. The molecule has 0 saturated carbocycles. The van der Waals surface area contributed by atoms with Crippen LogP contribution in [0.5, 0.6) is 0 Å². The van der Waals surface area contributed by atoms with Crippen molar-refractivity contribution in [3.63, 3.8) is 0 Å². The maximum absolute atomic E-state index is 12.5. The lowest BCUT2D eigenvalue weighted by Crippen LogP contribution is -2.67. The highest BCUT2D eigenvalue weighted by Gasteiger charge is 2.49. The van der Waals surface area contributed by atoms with E-state index in [0.717, 1.165) is 5.56 Å². The zero-order valence-corrected chi connectivity index (χ0v) is 14.7. The Morgan fingerprint density at radius 1 is 1.24 bits per heavy atom. The van der Waals surface area contributed by atoms with Crippen molar-refractivity contribution in [3.8, 4) is 0 Å². The number of nitrogens with zero attached hydrogens (tertiary/aromatic N) is 1. The van der Waals surface area contributed by atoms with E-state index in [1.165, 1.54) is 4.90 Å². The van der Waals surface area contributed by atoms with Gasteiger partial charge in [0.05, 0.1) is 19.2 Å². The van der Waals surface area contributed by atoms with Gasteiger partial charge < -0.3 is 24.4 Å². The molecule has 7 nitrogen and oxygen atoms in total. The summed E-state index contributed by atoms with van der Waals surface area (Å²) < 4.78 is 17.1. The summed E-state index contributed by atoms with van der Waals surface area (Å²) in [6, 6.07) is 8.83. The van der Waals surface area contributed by atoms with E-state index in [1.807, 2.05) is 30.3 Å². The SMILES string of the molecule is CC(C)(C)OC(=O)N1C[C@@H](O)[C@@H](O)[C@@H]2O[C@@H](c3ccccc3)OC[C@H]21. The Morgan fingerprint density at radius 2 is 1.92 bits per heavy atom. The van der Waals surface area contributed by atoms with E-state index >= 15 is 0 Å². The zero-order valence-electron chi connectivity index (χ0n) is 14.7. The van der Waals surface area contributed by atoms with E-state index in [2.05, 4.69) is 0 Å². The Labute approximate surface area is 147 Å². The average Bonchev–Trinajstić information content (AvgIpc) is 2.57. The summed E-state index contributed by atoms with van der Waals surface area (Å²) in [5.41, 5.74) is 0.160. The summed E-state index contributed by atoms with van der Waals surface area (Å²) in [5, 5.41) is 20.5. The van der Waals surface area contributed by atoms with Crippen LogP contribution >= 0.6 is 0 Å². The number of β-amino-alcohol motifs (C(OH)–C–C–N with tert-alkyl or cyclic N) is 1. The number of benzene rings is 1. The molecule has 2 aliphatic rings. The van der Waals surface area contributed by atoms with Gasteiger partial charge in [0.25, 0.3) is 0 Å². The van der Waals surface area contributed by atoms with Gasteiger partial charge >= 0.3 is 6.09 Å². The summed E-state index contributed by atoms with van der Waals surface area (Å²) in [7, 11) is 0. The van der Waals surface area contributed by atoms with Gasteiger partial charge in [0.15, 0.2) is 6.29 Å². The molecule has 1 aromatic carbocycles. The first kappa shape index (κ1) is 18.1. The molecule has 5 atom stereocenters. The van der Waals surface area contributed by atoms with Crippen molar-refractivity contribution < 1.29 is 29.2 Å². The number of amides is 1. The number of hydrogen-bond donors (Lipinski definition) is 2. The number of hydrogen-bond acceptors (Lipinski definition) is 6. The van der Waals surface area contributed by atoms with E-state index in [9.17, 15) is 15.0 Å². The van der Waals surface area contributed by atoms with E-state index < -0.39 is 42.3 Å². The van der Waals surface area contributed by atoms with Crippen molar-refractivity contribution in [2.24, 2.45) is 0 Å². The molecule has 0 radical (unpaired) electrons. The highest BCUT2D eigenvalue weighted by molar-refractivity contribution is 5.69. The molecular formula is C18H25NO6. The normalized spacial score (nSPS) is 32.8. The Morgan fingerprint density at radius 3 is 2.56 bits per heavy atom. The average molecular weight is 351 g/mol. The first-order chi connectivity index (χ1) is 11.8. The summed E-state index contributed by atoms with van der Waals surface area (Å²) in [6.07, 6.45) is -4.17. The molecular weight excluding hydrogens is 326 g/mol. The van der Waals surface area contributed by atoms with E-state index in [0.29, 0.717) is 0 Å². The van der Waals surface area contributed by atoms with Crippen LogP contribution in [0.2, 0.25) is 0 Å². The van der Waals surface area contributed by atoms with Gasteiger partial charge in [-0.1, -0.05) is 30.3 Å². The van der Waals surface area contributed by atoms with Crippen LogP contribution < -0.4 is 0 Å². The molecule has 0 unspecified atom stereocenters. The van der Waals surface area contributed by atoms with Crippen molar-refractivity contribution in [1.29, 1.82) is 0 Å². The molecule has 0 aliphatic carbocycles. The molecule has 2 heterocycles. The van der Waals surface area contributed by atoms with Gasteiger partial charge in [-0.05, 0) is 20.8 Å². The lowest BCUT2D eigenvalue weighted by molar-refractivity contribution is -0.284. The zero-order chi connectivity index (χ0) is 18.2. The highest BCUT2D eigenvalue weighted by Crippen LogP contribution is 2.34. The predicted octanol–water partition coefficient (Wildman–Crippen LogP) is 1.44. The number of rotatable bonds is 1. The third kappa shape index (κ3) is 3.95. The molecule has 2 saturated heterocycles. The van der Waals surface area contributed by atoms with Gasteiger partial charge in [-0.2, -0.15) is 0 Å². The summed E-state index contributed by atoms with van der Waals surface area (Å²) in [5.74, 6) is 0. The van der Waals surface area contributed by atoms with Crippen molar-refractivity contribution in [2.75, 3.05) is 13.2 Å². The van der Waals surface area contributed by atoms with Crippen molar-refractivity contribution in [3.05, 3.63) is 35.9 Å². The number of carbonyl (C=O) groups excluding carboxylic acids is 1. The Hall–Kier alpha value is -1.67. The number of aliphatic hydroxyl groups excluding tert-OH is 2. The summed E-state index contributed by atoms with van der Waals surface area (Å²) in [6.45, 7) is 5.48. The maximum atomic E-state index is 12.5. The van der Waals surface area contributed by atoms with Gasteiger partial charge in [-0.3, -0.25) is 4.90 Å². The monoisotopic (exact) mass is 351 g/mol. The van der Waals surface area contributed by atoms with Crippen molar-refractivity contribution >= 4 is 6.09 Å². The number of fused-ring (bicyclic) bond motifs is 1. The highest BCUT2D eigenvalue weighted by atomic mass is 16.7. The fraction of sp³-hybridized carbons (Fsp3) is 0.611. The molecule has 1 amide bonds. The lowest BCUT2D eigenvalue weighted by atomic mass is 9.93. The maximum Gasteiger partial charge on any atom is 0.410 e. The largest absolute Gasteiger partial charge is 0.444 e. The number of likely N-dealkylation sites (tertiary alicyclic amines) is 1. The summed E-state index contributed by atoms with van der Waals surface area (Å²) in [4.78, 5) is 13.9. The van der Waals surface area contributed by atoms with Gasteiger partial charge in [0.1, 0.15) is 23.9 Å². The van der Waals surface area contributed by atoms with E-state index in [-0.39, 0.29) is 13.2 Å². The molecule has 3 rings (SSSR count). The van der Waals surface area contributed by atoms with Crippen LogP contribution in [-0.4, -0.2) is 64.3 Å². The first-order valence-corrected chi connectivity index (χ1v) is 8.44. The minimum Gasteiger partial charge on any atom is -0.444 e. The molecule has 0 spiro atoms. The molecule has 2 N–H and O–H groups in total. The Balaban J connectivity index is 1.77. The van der Waals surface area contributed by atoms with Crippen LogP contribution in [0, 0.1) is 0 Å². The van der Waals surface area contributed by atoms with Gasteiger partial charge in [-0.15, -0.1) is 0 Å². The fourth-order valence-corrected chi connectivity index (χ4v) is 3.11. The van der Waals surface area contributed by atoms with Crippen LogP contribution in [0.3, 0.4) is 0 Å². The van der Waals surface area contributed by atoms with Gasteiger partial charge in [0, 0.05) is 5.56 Å². The number of ether oxygens (including phenoxy) is 3. The second-order valence-corrected chi connectivity index (χ2v) is 7.43. The standard InChI is InChI=1S/C18H25NO6/c1-18(2,3)25-17(22)19-9-13(20)14(21)15-12(19)10-23-16(24-15)11-7-5-4-6-8-11/h4-8,12-16,20-21H,9-10H2,1-3H3/t12-,13-,14-,15-,16+/m1/s1. The Bertz CT molecular complexity index is 601. The summed E-state index contributed by atoms with van der Waals surface area (Å²) >= 11 is 0. The molecule has 0 aromatic heterocycles. The van der Waals surface area contributed by atoms with Crippen LogP contribution in [0.25, 0.3) is 0 Å². The number of aliphatic hydroxyl groups is 2. The second-order valence-electron chi connectivity index (χ2n) is 7.43. The van der Waals surface area contributed by atoms with E-state index in [4.69, 9.17) is 14.2 Å². The molecule has 25 heavy (non-hydrogen) atoms. The van der Waals surface area contributed by atoms with Gasteiger partial charge in [-0.25, -0.2) is 4.79 Å². The molecule has 1 aromatic rings. The second kappa shape index (κ2) is 6.92. The van der Waals surface area contributed by atoms with Crippen LogP contribution in [0.15, 0.2) is 30.3 Å². The minimum absolute atomic E-state index is 0.0278. The topological polar surface area (TPSA) is 88.5 Å². The Kier molecular flexibility index (Phi) is 5.02. The predicted molar refractivity (Wildman–Crippen MR) is 88.7 cm³/mol. The van der Waals surface area contributed by atoms with Crippen LogP contribution in [0.1, 0.15) is 32.6 Å². The van der Waals surface area contributed by atoms with Crippen molar-refractivity contribution in [2.45, 2.75) is 57.0 Å². The molecule has 0 bridgehead atoms. The number of carbonyl (C=O) groups is 1. The minimum atomic E-state index is -1.11. The van der Waals surface area contributed by atoms with Crippen LogP contribution in [-0.2, 0) is 14.2 Å². The lowest BCUT2D eigenvalue weighted by Gasteiger charge is -2.49. The third-order valence-corrected chi connectivity index (χ3v) is 4.29. The quantitative estimate of drug-likeness (QED) is 0.796. The molecule has 138 valence electrons. The fourth-order valence-electron chi connectivity index (χ4n) is 3.11. The first-order valence-electron chi connectivity index (χ1n) is 8.44. The molecule has 2 fully saturated rings. The van der Waals surface area contributed by atoms with Crippen molar-refractivity contribution in [1.82, 2.24) is 4.90 Å².